The topological polar surface area (TPSA) is 73.6 Å². The number of fused-ring (bicyclic) bond motifs is 1. The molecule has 0 aliphatic heterocycles. The average molecular weight is 486 g/mol. The van der Waals surface area contributed by atoms with E-state index in [1.165, 1.54) is 25.7 Å². The van der Waals surface area contributed by atoms with Crippen molar-refractivity contribution in [1.82, 2.24) is 4.98 Å². The van der Waals surface area contributed by atoms with E-state index >= 15 is 0 Å². The minimum Gasteiger partial charge on any atom is -0.393 e. The summed E-state index contributed by atoms with van der Waals surface area (Å²) in [6.07, 6.45) is 13.1. The Hall–Kier alpha value is -1.27. The maximum atomic E-state index is 10.5. The molecule has 1 aromatic rings. The van der Waals surface area contributed by atoms with E-state index in [0.29, 0.717) is 30.1 Å². The Labute approximate surface area is 209 Å². The second kappa shape index (κ2) is 10.8. The van der Waals surface area contributed by atoms with Crippen molar-refractivity contribution in [3.63, 3.8) is 0 Å². The van der Waals surface area contributed by atoms with Crippen LogP contribution < -0.4 is 0 Å². The van der Waals surface area contributed by atoms with Crippen molar-refractivity contribution in [2.75, 3.05) is 0 Å². The molecule has 0 amide bonds. The van der Waals surface area contributed by atoms with Gasteiger partial charge in [0.1, 0.15) is 11.1 Å². The molecule has 0 unspecified atom stereocenters. The minimum atomic E-state index is -0.625. The first-order valence-corrected chi connectivity index (χ1v) is 14.1. The molecule has 4 rings (SSSR count). The minimum absolute atomic E-state index is 0.343. The molecule has 7 atom stereocenters. The summed E-state index contributed by atoms with van der Waals surface area (Å²) >= 11 is 1.57. The molecule has 1 aromatic heterocycles. The lowest BCUT2D eigenvalue weighted by Crippen LogP contribution is -2.36. The third-order valence-corrected chi connectivity index (χ3v) is 10.1. The molecule has 0 radical (unpaired) electrons. The fraction of sp³-hybridized carbons (Fsp3) is 0.690. The third-order valence-electron chi connectivity index (χ3n) is 9.05. The number of aliphatic hydroxyl groups excluding tert-OH is 3. The van der Waals surface area contributed by atoms with Crippen LogP contribution in [-0.4, -0.2) is 32.5 Å². The predicted molar refractivity (Wildman–Crippen MR) is 140 cm³/mol. The first-order chi connectivity index (χ1) is 16.2. The van der Waals surface area contributed by atoms with Gasteiger partial charge in [-0.1, -0.05) is 51.0 Å². The van der Waals surface area contributed by atoms with Crippen LogP contribution in [0.3, 0.4) is 0 Å². The van der Waals surface area contributed by atoms with Crippen LogP contribution in [0.4, 0.5) is 0 Å². The summed E-state index contributed by atoms with van der Waals surface area (Å²) in [6.45, 7) is 11.0. The Morgan fingerprint density at radius 1 is 1.26 bits per heavy atom. The molecule has 0 spiro atoms. The molecule has 0 bridgehead atoms. The summed E-state index contributed by atoms with van der Waals surface area (Å²) in [7, 11) is 0. The lowest BCUT2D eigenvalue weighted by molar-refractivity contribution is 0.0860. The molecule has 3 saturated carbocycles. The van der Waals surface area contributed by atoms with Crippen molar-refractivity contribution >= 4 is 11.3 Å². The molecule has 3 aliphatic rings. The fourth-order valence-electron chi connectivity index (χ4n) is 7.16. The Bertz CT molecular complexity index is 934. The molecule has 3 aliphatic carbocycles. The molecule has 4 nitrogen and oxygen atoms in total. The molecule has 5 heteroatoms. The van der Waals surface area contributed by atoms with Gasteiger partial charge in [-0.05, 0) is 86.2 Å². The van der Waals surface area contributed by atoms with Crippen molar-refractivity contribution in [3.05, 3.63) is 51.5 Å². The molecule has 3 fully saturated rings. The van der Waals surface area contributed by atoms with Crippen molar-refractivity contribution in [2.45, 2.75) is 103 Å². The number of aliphatic hydroxyl groups is 3. The maximum absolute atomic E-state index is 10.5. The Balaban J connectivity index is 1.38. The number of allylic oxidation sites excluding steroid dienone is 3. The van der Waals surface area contributed by atoms with Gasteiger partial charge in [-0.2, -0.15) is 0 Å². The highest BCUT2D eigenvalue weighted by Crippen LogP contribution is 2.60. The predicted octanol–water partition coefficient (Wildman–Crippen LogP) is 6.43. The third kappa shape index (κ3) is 5.43. The number of hydrogen-bond donors (Lipinski definition) is 3. The van der Waals surface area contributed by atoms with Crippen molar-refractivity contribution in [3.8, 4) is 0 Å². The van der Waals surface area contributed by atoms with Gasteiger partial charge in [0.2, 0.25) is 0 Å². The van der Waals surface area contributed by atoms with Crippen molar-refractivity contribution in [2.24, 2.45) is 23.2 Å². The van der Waals surface area contributed by atoms with E-state index in [9.17, 15) is 15.3 Å². The highest BCUT2D eigenvalue weighted by atomic mass is 32.1. The van der Waals surface area contributed by atoms with Crippen LogP contribution in [0.2, 0.25) is 0 Å². The van der Waals surface area contributed by atoms with Crippen LogP contribution in [0, 0.1) is 30.1 Å². The molecular weight excluding hydrogens is 442 g/mol. The monoisotopic (exact) mass is 485 g/mol. The molecule has 34 heavy (non-hydrogen) atoms. The second-order valence-electron chi connectivity index (χ2n) is 11.4. The van der Waals surface area contributed by atoms with Gasteiger partial charge >= 0.3 is 0 Å². The number of aromatic nitrogens is 1. The van der Waals surface area contributed by atoms with Crippen LogP contribution in [0.15, 0.2) is 40.8 Å². The molecular formula is C29H43NO3S. The van der Waals surface area contributed by atoms with Crippen LogP contribution in [0.1, 0.15) is 94.9 Å². The van der Waals surface area contributed by atoms with Crippen molar-refractivity contribution < 1.29 is 15.3 Å². The van der Waals surface area contributed by atoms with Gasteiger partial charge in [0.25, 0.3) is 0 Å². The molecule has 1 heterocycles. The van der Waals surface area contributed by atoms with Gasteiger partial charge < -0.3 is 15.3 Å². The van der Waals surface area contributed by atoms with E-state index in [1.54, 1.807) is 16.9 Å². The first kappa shape index (κ1) is 25.8. The average Bonchev–Trinajstić information content (AvgIpc) is 3.38. The van der Waals surface area contributed by atoms with Gasteiger partial charge in [0, 0.05) is 17.5 Å². The van der Waals surface area contributed by atoms with Gasteiger partial charge in [-0.15, -0.1) is 11.3 Å². The molecule has 0 saturated heterocycles. The first-order valence-electron chi connectivity index (χ1n) is 13.2. The number of rotatable bonds is 7. The van der Waals surface area contributed by atoms with Gasteiger partial charge in [-0.3, -0.25) is 0 Å². The van der Waals surface area contributed by atoms with Crippen LogP contribution >= 0.6 is 11.3 Å². The molecule has 188 valence electrons. The molecule has 0 aromatic carbocycles. The highest BCUT2D eigenvalue weighted by Gasteiger charge is 2.50. The summed E-state index contributed by atoms with van der Waals surface area (Å²) in [5.74, 6) is 2.00. The lowest BCUT2D eigenvalue weighted by atomic mass is 9.60. The van der Waals surface area contributed by atoms with Gasteiger partial charge in [-0.25, -0.2) is 4.98 Å². The highest BCUT2D eigenvalue weighted by molar-refractivity contribution is 7.09. The zero-order valence-corrected chi connectivity index (χ0v) is 22.0. The van der Waals surface area contributed by atoms with Crippen LogP contribution in [0.25, 0.3) is 0 Å². The summed E-state index contributed by atoms with van der Waals surface area (Å²) in [6, 6.07) is 0. The standard InChI is InChI=1S/C29H43NO3S/c1-18(7-5-9-26(32)28-30-19(2)17-34-28)24-12-13-25-21(8-6-14-29(24,25)4)10-11-22-15-23(31)16-27(33)20(22)3/h10-11,17-18,23-27,31-33H,3,5-9,12-16H2,1-2,4H3/b21-10+,22-11-/t18-,23-,24-,25+,26+,27+,29-/m1/s1. The maximum Gasteiger partial charge on any atom is 0.121 e. The summed E-state index contributed by atoms with van der Waals surface area (Å²) in [5, 5.41) is 33.6. The SMILES string of the molecule is C=C1/C(=C\C=C2/CCC[C@]3(C)[C@@H]([C@H](C)CCC[C@H](O)c4nc(C)cs4)CC[C@@H]23)C[C@@H](O)C[C@@H]1O. The van der Waals surface area contributed by atoms with E-state index in [1.807, 2.05) is 12.3 Å². The normalized spacial score (nSPS) is 36.1. The van der Waals surface area contributed by atoms with Gasteiger partial charge in [0.05, 0.1) is 12.2 Å². The Morgan fingerprint density at radius 2 is 2.06 bits per heavy atom. The summed E-state index contributed by atoms with van der Waals surface area (Å²) < 4.78 is 0. The Morgan fingerprint density at radius 3 is 2.79 bits per heavy atom. The van der Waals surface area contributed by atoms with Gasteiger partial charge in [0.15, 0.2) is 0 Å². The Kier molecular flexibility index (Phi) is 8.18. The largest absolute Gasteiger partial charge is 0.393 e. The number of thiazole rings is 1. The second-order valence-corrected chi connectivity index (χ2v) is 12.3. The number of aryl methyl sites for hydroxylation is 1. The smallest absolute Gasteiger partial charge is 0.121 e. The summed E-state index contributed by atoms with van der Waals surface area (Å²) in [4.78, 5) is 4.45. The van der Waals surface area contributed by atoms with Crippen LogP contribution in [0.5, 0.6) is 0 Å². The zero-order valence-electron chi connectivity index (χ0n) is 21.2. The quantitative estimate of drug-likeness (QED) is 0.416. The number of nitrogens with zero attached hydrogens (tertiary/aromatic N) is 1. The number of hydrogen-bond acceptors (Lipinski definition) is 5. The lowest BCUT2D eigenvalue weighted by Gasteiger charge is -2.44. The van der Waals surface area contributed by atoms with E-state index in [-0.39, 0.29) is 0 Å². The van der Waals surface area contributed by atoms with Crippen molar-refractivity contribution in [1.29, 1.82) is 0 Å². The zero-order chi connectivity index (χ0) is 24.5. The van der Waals surface area contributed by atoms with E-state index in [2.05, 4.69) is 37.6 Å². The summed E-state index contributed by atoms with van der Waals surface area (Å²) in [5.41, 5.74) is 4.66. The van der Waals surface area contributed by atoms with E-state index < -0.39 is 18.3 Å². The fourth-order valence-corrected chi connectivity index (χ4v) is 7.98. The van der Waals surface area contributed by atoms with E-state index in [0.717, 1.165) is 53.4 Å². The molecule has 3 N–H and O–H groups in total. The van der Waals surface area contributed by atoms with Crippen LogP contribution in [-0.2, 0) is 0 Å². The van der Waals surface area contributed by atoms with E-state index in [4.69, 9.17) is 0 Å².